The molecule has 2 aromatic carbocycles. The Hall–Kier alpha value is -2.86. The number of nitrogens with zero attached hydrogens (tertiary/aromatic N) is 1. The van der Waals surface area contributed by atoms with Crippen molar-refractivity contribution in [2.45, 2.75) is 6.92 Å². The lowest BCUT2D eigenvalue weighted by atomic mass is 10.2. The molecule has 5 nitrogen and oxygen atoms in total. The van der Waals surface area contributed by atoms with Crippen molar-refractivity contribution in [3.8, 4) is 11.5 Å². The van der Waals surface area contributed by atoms with Crippen LogP contribution in [0.2, 0.25) is 0 Å². The number of hydrogen-bond donors (Lipinski definition) is 1. The van der Waals surface area contributed by atoms with Crippen LogP contribution in [0.5, 0.6) is 11.5 Å². The number of hydrogen-bond acceptors (Lipinski definition) is 4. The zero-order valence-electron chi connectivity index (χ0n) is 12.9. The van der Waals surface area contributed by atoms with Gasteiger partial charge in [-0.05, 0) is 47.7 Å². The first-order chi connectivity index (χ1) is 11.6. The first-order valence-corrected chi connectivity index (χ1v) is 8.05. The van der Waals surface area contributed by atoms with E-state index >= 15 is 0 Å². The lowest BCUT2D eigenvalue weighted by Gasteiger charge is -2.06. The summed E-state index contributed by atoms with van der Waals surface area (Å²) in [5, 5.41) is 2.82. The fourth-order valence-electron chi connectivity index (χ4n) is 2.06. The molecule has 1 N–H and O–H groups in total. The van der Waals surface area contributed by atoms with Crippen LogP contribution in [0.3, 0.4) is 0 Å². The molecule has 0 spiro atoms. The second-order valence-corrected chi connectivity index (χ2v) is 6.03. The van der Waals surface area contributed by atoms with Crippen LogP contribution in [0.25, 0.3) is 6.08 Å². The number of carbonyl (C=O) groups excluding carboxylic acids is 2. The minimum absolute atomic E-state index is 0.256. The summed E-state index contributed by atoms with van der Waals surface area (Å²) in [6.45, 7) is 1.37. The third kappa shape index (κ3) is 4.11. The van der Waals surface area contributed by atoms with Crippen LogP contribution < -0.4 is 10.1 Å². The van der Waals surface area contributed by atoms with Crippen molar-refractivity contribution in [1.29, 1.82) is 0 Å². The molecule has 2 amide bonds. The molecule has 0 saturated heterocycles. The van der Waals surface area contributed by atoms with Gasteiger partial charge in [-0.2, -0.15) is 4.99 Å². The van der Waals surface area contributed by atoms with Gasteiger partial charge < -0.3 is 10.1 Å². The summed E-state index contributed by atoms with van der Waals surface area (Å²) in [4.78, 5) is 27.2. The van der Waals surface area contributed by atoms with Gasteiger partial charge in [-0.1, -0.05) is 30.3 Å². The van der Waals surface area contributed by atoms with Gasteiger partial charge in [0.25, 0.3) is 5.91 Å². The Balaban J connectivity index is 1.75. The van der Waals surface area contributed by atoms with Gasteiger partial charge in [0.15, 0.2) is 5.17 Å². The molecule has 1 aliphatic rings. The van der Waals surface area contributed by atoms with Crippen LogP contribution in [-0.4, -0.2) is 17.0 Å². The number of carbonyl (C=O) groups is 2. The molecule has 1 aliphatic heterocycles. The average molecular weight is 338 g/mol. The number of aliphatic imine (C=N–C) groups is 1. The Labute approximate surface area is 143 Å². The van der Waals surface area contributed by atoms with E-state index in [0.29, 0.717) is 15.8 Å². The molecule has 3 rings (SSSR count). The molecular weight excluding hydrogens is 324 g/mol. The van der Waals surface area contributed by atoms with E-state index in [1.54, 1.807) is 6.08 Å². The number of benzene rings is 2. The first kappa shape index (κ1) is 16.0. The number of amidine groups is 1. The Morgan fingerprint density at radius 2 is 1.88 bits per heavy atom. The lowest BCUT2D eigenvalue weighted by Crippen LogP contribution is -2.23. The lowest BCUT2D eigenvalue weighted by molar-refractivity contribution is -0.117. The number of ether oxygens (including phenoxy) is 1. The SMILES string of the molecule is CC(=O)NC1=NC(=O)/C(=C\c2cccc(Oc3ccccc3)c2)S1. The second-order valence-electron chi connectivity index (χ2n) is 5.00. The predicted molar refractivity (Wildman–Crippen MR) is 94.8 cm³/mol. The smallest absolute Gasteiger partial charge is 0.286 e. The monoisotopic (exact) mass is 338 g/mol. The molecule has 6 heteroatoms. The van der Waals surface area contributed by atoms with Crippen LogP contribution in [0.4, 0.5) is 0 Å². The van der Waals surface area contributed by atoms with Crippen LogP contribution in [0.15, 0.2) is 64.5 Å². The van der Waals surface area contributed by atoms with Crippen LogP contribution >= 0.6 is 11.8 Å². The summed E-state index contributed by atoms with van der Waals surface area (Å²) in [6.07, 6.45) is 1.73. The van der Waals surface area contributed by atoms with Gasteiger partial charge in [0.2, 0.25) is 5.91 Å². The quantitative estimate of drug-likeness (QED) is 0.869. The van der Waals surface area contributed by atoms with Crippen molar-refractivity contribution in [3.05, 3.63) is 65.1 Å². The maximum Gasteiger partial charge on any atom is 0.286 e. The molecule has 0 fully saturated rings. The molecule has 120 valence electrons. The minimum Gasteiger partial charge on any atom is -0.457 e. The number of para-hydroxylation sites is 1. The van der Waals surface area contributed by atoms with Crippen molar-refractivity contribution in [2.24, 2.45) is 4.99 Å². The van der Waals surface area contributed by atoms with Crippen LogP contribution in [0.1, 0.15) is 12.5 Å². The third-order valence-electron chi connectivity index (χ3n) is 3.04. The number of amides is 2. The molecule has 2 aromatic rings. The highest BCUT2D eigenvalue weighted by Crippen LogP contribution is 2.29. The largest absolute Gasteiger partial charge is 0.457 e. The highest BCUT2D eigenvalue weighted by atomic mass is 32.2. The topological polar surface area (TPSA) is 67.8 Å². The zero-order chi connectivity index (χ0) is 16.9. The fraction of sp³-hybridized carbons (Fsp3) is 0.0556. The summed E-state index contributed by atoms with van der Waals surface area (Å²) >= 11 is 1.14. The molecule has 0 aliphatic carbocycles. The van der Waals surface area contributed by atoms with Crippen molar-refractivity contribution in [3.63, 3.8) is 0 Å². The molecule has 0 bridgehead atoms. The molecular formula is C18H14N2O3S. The molecule has 0 radical (unpaired) electrons. The summed E-state index contributed by atoms with van der Waals surface area (Å²) in [7, 11) is 0. The highest BCUT2D eigenvalue weighted by Gasteiger charge is 2.22. The van der Waals surface area contributed by atoms with Gasteiger partial charge in [-0.25, -0.2) is 0 Å². The van der Waals surface area contributed by atoms with Gasteiger partial charge in [-0.3, -0.25) is 9.59 Å². The summed E-state index contributed by atoms with van der Waals surface area (Å²) in [5.41, 5.74) is 0.818. The Morgan fingerprint density at radius 1 is 1.12 bits per heavy atom. The normalized spacial score (nSPS) is 15.3. The van der Waals surface area contributed by atoms with Crippen LogP contribution in [0, 0.1) is 0 Å². The van der Waals surface area contributed by atoms with Gasteiger partial charge in [-0.15, -0.1) is 0 Å². The summed E-state index contributed by atoms with van der Waals surface area (Å²) < 4.78 is 5.78. The molecule has 0 atom stereocenters. The van der Waals surface area contributed by atoms with E-state index in [1.165, 1.54) is 6.92 Å². The van der Waals surface area contributed by atoms with Crippen molar-refractivity contribution >= 4 is 34.8 Å². The Bertz CT molecular complexity index is 844. The fourth-order valence-corrected chi connectivity index (χ4v) is 2.92. The maximum atomic E-state index is 11.9. The predicted octanol–water partition coefficient (Wildman–Crippen LogP) is 3.59. The minimum atomic E-state index is -0.363. The van der Waals surface area contributed by atoms with E-state index in [-0.39, 0.29) is 11.8 Å². The Kier molecular flexibility index (Phi) is 4.77. The van der Waals surface area contributed by atoms with E-state index in [1.807, 2.05) is 54.6 Å². The van der Waals surface area contributed by atoms with E-state index in [0.717, 1.165) is 23.1 Å². The second kappa shape index (κ2) is 7.14. The Morgan fingerprint density at radius 3 is 2.62 bits per heavy atom. The van der Waals surface area contributed by atoms with Crippen molar-refractivity contribution < 1.29 is 14.3 Å². The molecule has 0 unspecified atom stereocenters. The molecule has 1 heterocycles. The molecule has 0 saturated carbocycles. The highest BCUT2D eigenvalue weighted by molar-refractivity contribution is 8.18. The molecule has 0 aromatic heterocycles. The first-order valence-electron chi connectivity index (χ1n) is 7.23. The van der Waals surface area contributed by atoms with Crippen molar-refractivity contribution in [1.82, 2.24) is 5.32 Å². The van der Waals surface area contributed by atoms with Gasteiger partial charge >= 0.3 is 0 Å². The standard InChI is InChI=1S/C18H14N2O3S/c1-12(21)19-18-20-17(22)16(24-18)11-13-6-5-9-15(10-13)23-14-7-3-2-4-8-14/h2-11H,1H3,(H,19,20,21,22)/b16-11+. The van der Waals surface area contributed by atoms with Crippen LogP contribution in [-0.2, 0) is 9.59 Å². The number of nitrogens with one attached hydrogen (secondary N) is 1. The summed E-state index contributed by atoms with van der Waals surface area (Å²) in [5.74, 6) is 0.797. The number of thioether (sulfide) groups is 1. The maximum absolute atomic E-state index is 11.9. The van der Waals surface area contributed by atoms with Crippen molar-refractivity contribution in [2.75, 3.05) is 0 Å². The zero-order valence-corrected chi connectivity index (χ0v) is 13.7. The average Bonchev–Trinajstić information content (AvgIpc) is 2.87. The molecule has 24 heavy (non-hydrogen) atoms. The van der Waals surface area contributed by atoms with Gasteiger partial charge in [0.05, 0.1) is 4.91 Å². The van der Waals surface area contributed by atoms with E-state index in [4.69, 9.17) is 4.74 Å². The van der Waals surface area contributed by atoms with Gasteiger partial charge in [0.1, 0.15) is 11.5 Å². The summed E-state index contributed by atoms with van der Waals surface area (Å²) in [6, 6.07) is 16.9. The third-order valence-corrected chi connectivity index (χ3v) is 3.94. The van der Waals surface area contributed by atoms with E-state index in [9.17, 15) is 9.59 Å². The number of rotatable bonds is 3. The van der Waals surface area contributed by atoms with E-state index in [2.05, 4.69) is 10.3 Å². The van der Waals surface area contributed by atoms with E-state index < -0.39 is 0 Å². The van der Waals surface area contributed by atoms with Gasteiger partial charge in [0, 0.05) is 6.92 Å².